The lowest BCUT2D eigenvalue weighted by Crippen LogP contribution is -2.50. The van der Waals surface area contributed by atoms with Crippen LogP contribution in [0.2, 0.25) is 0 Å². The molecule has 2 aromatic rings. The van der Waals surface area contributed by atoms with Gasteiger partial charge in [-0.1, -0.05) is 30.3 Å². The van der Waals surface area contributed by atoms with Crippen LogP contribution in [0.1, 0.15) is 34.0 Å². The van der Waals surface area contributed by atoms with Crippen molar-refractivity contribution in [2.24, 2.45) is 10.9 Å². The van der Waals surface area contributed by atoms with Crippen LogP contribution in [0.25, 0.3) is 0 Å². The Bertz CT molecular complexity index is 759. The molecule has 0 atom stereocenters. The quantitative estimate of drug-likeness (QED) is 0.771. The number of carbonyl (C=O) groups is 1. The predicted octanol–water partition coefficient (Wildman–Crippen LogP) is 4.34. The van der Waals surface area contributed by atoms with Crippen LogP contribution in [0, 0.1) is 19.8 Å². The van der Waals surface area contributed by atoms with Crippen LogP contribution in [-0.4, -0.2) is 30.1 Å². The molecule has 1 aliphatic heterocycles. The van der Waals surface area contributed by atoms with Gasteiger partial charge in [-0.3, -0.25) is 9.79 Å². The number of hydrogen-bond donors (Lipinski definition) is 0. The molecule has 0 spiro atoms. The molecule has 3 heteroatoms. The first kappa shape index (κ1) is 16.4. The molecule has 124 valence electrons. The number of hydrogen-bond acceptors (Lipinski definition) is 2. The second-order valence-corrected chi connectivity index (χ2v) is 6.61. The van der Waals surface area contributed by atoms with E-state index in [9.17, 15) is 4.79 Å². The molecule has 1 amide bonds. The van der Waals surface area contributed by atoms with Crippen LogP contribution in [0.4, 0.5) is 5.69 Å². The van der Waals surface area contributed by atoms with Crippen molar-refractivity contribution in [3.8, 4) is 0 Å². The number of likely N-dealkylation sites (tertiary alicyclic amines) is 1. The molecule has 1 fully saturated rings. The minimum absolute atomic E-state index is 0.145. The van der Waals surface area contributed by atoms with Gasteiger partial charge in [-0.2, -0.15) is 0 Å². The lowest BCUT2D eigenvalue weighted by Gasteiger charge is -2.39. The molecular formula is C21H24N2O. The molecule has 24 heavy (non-hydrogen) atoms. The van der Waals surface area contributed by atoms with Crippen molar-refractivity contribution < 1.29 is 4.79 Å². The van der Waals surface area contributed by atoms with E-state index in [0.29, 0.717) is 5.92 Å². The molecule has 0 radical (unpaired) electrons. The molecule has 0 aromatic heterocycles. The third-order valence-electron chi connectivity index (χ3n) is 4.65. The summed E-state index contributed by atoms with van der Waals surface area (Å²) in [7, 11) is 0. The Morgan fingerprint density at radius 3 is 2.54 bits per heavy atom. The average Bonchev–Trinajstić information content (AvgIpc) is 2.54. The fraction of sp³-hybridized carbons (Fsp3) is 0.333. The summed E-state index contributed by atoms with van der Waals surface area (Å²) in [6.45, 7) is 7.60. The monoisotopic (exact) mass is 320 g/mol. The van der Waals surface area contributed by atoms with E-state index in [0.717, 1.165) is 41.9 Å². The summed E-state index contributed by atoms with van der Waals surface area (Å²) in [6.07, 6.45) is 2.83. The maximum Gasteiger partial charge on any atom is 0.254 e. The van der Waals surface area contributed by atoms with E-state index >= 15 is 0 Å². The van der Waals surface area contributed by atoms with E-state index in [4.69, 9.17) is 0 Å². The van der Waals surface area contributed by atoms with Crippen LogP contribution >= 0.6 is 0 Å². The van der Waals surface area contributed by atoms with Gasteiger partial charge in [0.15, 0.2) is 0 Å². The van der Waals surface area contributed by atoms with Crippen LogP contribution in [0.3, 0.4) is 0 Å². The molecular weight excluding hydrogens is 296 g/mol. The predicted molar refractivity (Wildman–Crippen MR) is 99.3 cm³/mol. The van der Waals surface area contributed by atoms with E-state index in [2.05, 4.69) is 29.3 Å². The van der Waals surface area contributed by atoms with Gasteiger partial charge in [-0.25, -0.2) is 0 Å². The van der Waals surface area contributed by atoms with Crippen LogP contribution in [0.5, 0.6) is 0 Å². The molecule has 1 heterocycles. The number of nitrogens with zero attached hydrogens (tertiary/aromatic N) is 2. The highest BCUT2D eigenvalue weighted by Crippen LogP contribution is 2.27. The third-order valence-corrected chi connectivity index (χ3v) is 4.65. The molecule has 1 aliphatic rings. The summed E-state index contributed by atoms with van der Waals surface area (Å²) < 4.78 is 0. The number of carbonyl (C=O) groups excluding carboxylic acids is 1. The van der Waals surface area contributed by atoms with Crippen molar-refractivity contribution in [2.75, 3.05) is 13.1 Å². The standard InChI is InChI=1S/C21H24N2O/c1-4-22-20-11-15(2)19(10-16(20)3)21(24)23-13-18(14-23)12-17-8-6-5-7-9-17/h4-11,18H,12-14H2,1-3H3. The third kappa shape index (κ3) is 3.40. The van der Waals surface area contributed by atoms with Crippen molar-refractivity contribution >= 4 is 17.8 Å². The number of amides is 1. The summed E-state index contributed by atoms with van der Waals surface area (Å²) in [4.78, 5) is 19.1. The van der Waals surface area contributed by atoms with Gasteiger partial charge >= 0.3 is 0 Å². The smallest absolute Gasteiger partial charge is 0.254 e. The normalized spacial score (nSPS) is 14.9. The van der Waals surface area contributed by atoms with Gasteiger partial charge in [-0.15, -0.1) is 0 Å². The van der Waals surface area contributed by atoms with E-state index < -0.39 is 0 Å². The first-order valence-electron chi connectivity index (χ1n) is 8.51. The second-order valence-electron chi connectivity index (χ2n) is 6.61. The zero-order chi connectivity index (χ0) is 17.1. The molecule has 0 bridgehead atoms. The summed E-state index contributed by atoms with van der Waals surface area (Å²) in [5.41, 5.74) is 5.14. The van der Waals surface area contributed by atoms with Crippen LogP contribution in [0.15, 0.2) is 47.5 Å². The van der Waals surface area contributed by atoms with Gasteiger partial charge in [-0.05, 0) is 61.9 Å². The lowest BCUT2D eigenvalue weighted by atomic mass is 9.91. The van der Waals surface area contributed by atoms with Gasteiger partial charge < -0.3 is 4.90 Å². The van der Waals surface area contributed by atoms with Gasteiger partial charge in [0.25, 0.3) is 5.91 Å². The molecule has 1 saturated heterocycles. The fourth-order valence-corrected chi connectivity index (χ4v) is 3.29. The van der Waals surface area contributed by atoms with Crippen molar-refractivity contribution in [2.45, 2.75) is 27.2 Å². The zero-order valence-corrected chi connectivity index (χ0v) is 14.6. The van der Waals surface area contributed by atoms with Crippen molar-refractivity contribution in [3.63, 3.8) is 0 Å². The summed E-state index contributed by atoms with van der Waals surface area (Å²) >= 11 is 0. The summed E-state index contributed by atoms with van der Waals surface area (Å²) in [6, 6.07) is 14.5. The van der Waals surface area contributed by atoms with Crippen molar-refractivity contribution in [3.05, 3.63) is 64.7 Å². The van der Waals surface area contributed by atoms with Crippen molar-refractivity contribution in [1.82, 2.24) is 4.90 Å². The van der Waals surface area contributed by atoms with Crippen LogP contribution in [-0.2, 0) is 6.42 Å². The van der Waals surface area contributed by atoms with E-state index in [1.165, 1.54) is 5.56 Å². The molecule has 0 unspecified atom stereocenters. The van der Waals surface area contributed by atoms with Crippen LogP contribution < -0.4 is 0 Å². The Labute approximate surface area is 144 Å². The number of aryl methyl sites for hydroxylation is 2. The fourth-order valence-electron chi connectivity index (χ4n) is 3.29. The average molecular weight is 320 g/mol. The molecule has 2 aromatic carbocycles. The Kier molecular flexibility index (Phi) is 4.79. The van der Waals surface area contributed by atoms with Gasteiger partial charge in [0.1, 0.15) is 0 Å². The van der Waals surface area contributed by atoms with E-state index in [-0.39, 0.29) is 5.91 Å². The number of rotatable bonds is 4. The maximum atomic E-state index is 12.8. The highest BCUT2D eigenvalue weighted by atomic mass is 16.2. The largest absolute Gasteiger partial charge is 0.338 e. The molecule has 0 aliphatic carbocycles. The Hall–Kier alpha value is -2.42. The second kappa shape index (κ2) is 7.00. The van der Waals surface area contributed by atoms with Crippen molar-refractivity contribution in [1.29, 1.82) is 0 Å². The molecule has 0 saturated carbocycles. The first-order valence-corrected chi connectivity index (χ1v) is 8.51. The topological polar surface area (TPSA) is 32.7 Å². The van der Waals surface area contributed by atoms with Gasteiger partial charge in [0.2, 0.25) is 0 Å². The minimum Gasteiger partial charge on any atom is -0.338 e. The highest BCUT2D eigenvalue weighted by Gasteiger charge is 2.31. The summed E-state index contributed by atoms with van der Waals surface area (Å²) in [5.74, 6) is 0.716. The minimum atomic E-state index is 0.145. The number of benzene rings is 2. The van der Waals surface area contributed by atoms with Gasteiger partial charge in [0.05, 0.1) is 5.69 Å². The Morgan fingerprint density at radius 1 is 1.17 bits per heavy atom. The van der Waals surface area contributed by atoms with E-state index in [1.807, 2.05) is 43.9 Å². The molecule has 0 N–H and O–H groups in total. The van der Waals surface area contributed by atoms with E-state index in [1.54, 1.807) is 6.21 Å². The maximum absolute atomic E-state index is 12.8. The highest BCUT2D eigenvalue weighted by molar-refractivity contribution is 5.97. The molecule has 3 rings (SSSR count). The SMILES string of the molecule is CC=Nc1cc(C)c(C(=O)N2CC(Cc3ccccc3)C2)cc1C. The zero-order valence-electron chi connectivity index (χ0n) is 14.6. The lowest BCUT2D eigenvalue weighted by molar-refractivity contribution is 0.0500. The molecule has 3 nitrogen and oxygen atoms in total. The number of aliphatic imine (C=N–C) groups is 1. The van der Waals surface area contributed by atoms with Gasteiger partial charge in [0, 0.05) is 24.9 Å². The first-order chi connectivity index (χ1) is 11.6. The summed E-state index contributed by atoms with van der Waals surface area (Å²) in [5, 5.41) is 0. The Morgan fingerprint density at radius 2 is 1.88 bits per heavy atom. The Balaban J connectivity index is 1.65.